The molecule has 2 heterocycles. The topological polar surface area (TPSA) is 117 Å². The van der Waals surface area contributed by atoms with Crippen molar-refractivity contribution in [1.82, 2.24) is 15.5 Å². The van der Waals surface area contributed by atoms with Gasteiger partial charge in [-0.25, -0.2) is 9.59 Å². The van der Waals surface area contributed by atoms with Crippen molar-refractivity contribution in [3.05, 3.63) is 66.2 Å². The molecule has 2 amide bonds. The third kappa shape index (κ3) is 3.69. The molecule has 1 aromatic carbocycles. The number of aromatic carboxylic acids is 1. The molecule has 0 bridgehead atoms. The number of pyridine rings is 1. The van der Waals surface area contributed by atoms with Gasteiger partial charge in [0.25, 0.3) is 0 Å². The molecule has 1 atom stereocenters. The average molecular weight is 352 g/mol. The van der Waals surface area contributed by atoms with Gasteiger partial charge < -0.3 is 20.3 Å². The molecule has 3 aromatic rings. The number of hydrogen-bond donors (Lipinski definition) is 3. The number of para-hydroxylation sites is 1. The molecule has 132 valence electrons. The van der Waals surface area contributed by atoms with E-state index >= 15 is 0 Å². The van der Waals surface area contributed by atoms with Crippen molar-refractivity contribution in [2.45, 2.75) is 13.0 Å². The first kappa shape index (κ1) is 17.2. The monoisotopic (exact) mass is 352 g/mol. The van der Waals surface area contributed by atoms with Crippen molar-refractivity contribution in [2.75, 3.05) is 5.32 Å². The van der Waals surface area contributed by atoms with E-state index in [2.05, 4.69) is 20.8 Å². The van der Waals surface area contributed by atoms with Crippen LogP contribution in [0.1, 0.15) is 29.1 Å². The van der Waals surface area contributed by atoms with Crippen LogP contribution in [0.5, 0.6) is 0 Å². The number of nitrogens with zero attached hydrogens (tertiary/aromatic N) is 2. The van der Waals surface area contributed by atoms with Gasteiger partial charge in [0, 0.05) is 23.6 Å². The summed E-state index contributed by atoms with van der Waals surface area (Å²) >= 11 is 0. The second-order valence-electron chi connectivity index (χ2n) is 5.50. The molecule has 0 unspecified atom stereocenters. The van der Waals surface area contributed by atoms with Crippen LogP contribution < -0.4 is 10.6 Å². The van der Waals surface area contributed by atoms with E-state index in [-0.39, 0.29) is 17.0 Å². The lowest BCUT2D eigenvalue weighted by atomic mass is 10.0. The third-order valence-electron chi connectivity index (χ3n) is 3.64. The summed E-state index contributed by atoms with van der Waals surface area (Å²) in [6.45, 7) is 1.62. The van der Waals surface area contributed by atoms with E-state index in [9.17, 15) is 14.7 Å². The SMILES string of the molecule is C[C@@H](NC(=O)Nc1ccccc1)c1onc(-c2cccnc2)c1C(=O)O. The molecule has 26 heavy (non-hydrogen) atoms. The Hall–Kier alpha value is -3.68. The van der Waals surface area contributed by atoms with Gasteiger partial charge in [-0.3, -0.25) is 4.98 Å². The van der Waals surface area contributed by atoms with Gasteiger partial charge in [0.2, 0.25) is 0 Å². The van der Waals surface area contributed by atoms with E-state index in [1.165, 1.54) is 6.20 Å². The third-order valence-corrected chi connectivity index (χ3v) is 3.64. The summed E-state index contributed by atoms with van der Waals surface area (Å²) in [4.78, 5) is 27.8. The zero-order valence-electron chi connectivity index (χ0n) is 13.8. The molecule has 0 spiro atoms. The second-order valence-corrected chi connectivity index (χ2v) is 5.50. The molecular weight excluding hydrogens is 336 g/mol. The lowest BCUT2D eigenvalue weighted by Crippen LogP contribution is -2.31. The molecule has 0 aliphatic rings. The van der Waals surface area contributed by atoms with Crippen LogP contribution in [0.25, 0.3) is 11.3 Å². The Morgan fingerprint density at radius 2 is 1.92 bits per heavy atom. The van der Waals surface area contributed by atoms with Gasteiger partial charge in [-0.15, -0.1) is 0 Å². The minimum absolute atomic E-state index is 0.0552. The van der Waals surface area contributed by atoms with Crippen molar-refractivity contribution >= 4 is 17.7 Å². The van der Waals surface area contributed by atoms with Crippen LogP contribution in [0.2, 0.25) is 0 Å². The number of anilines is 1. The minimum atomic E-state index is -1.20. The second kappa shape index (κ2) is 7.47. The molecular formula is C18H16N4O4. The Balaban J connectivity index is 1.81. The largest absolute Gasteiger partial charge is 0.477 e. The summed E-state index contributed by atoms with van der Waals surface area (Å²) in [6, 6.07) is 11.0. The normalized spacial score (nSPS) is 11.6. The Kier molecular flexibility index (Phi) is 4.93. The van der Waals surface area contributed by atoms with Crippen LogP contribution in [0.3, 0.4) is 0 Å². The van der Waals surface area contributed by atoms with Crippen LogP contribution in [0.4, 0.5) is 10.5 Å². The van der Waals surface area contributed by atoms with Crippen LogP contribution in [-0.2, 0) is 0 Å². The number of aromatic nitrogens is 2. The zero-order valence-corrected chi connectivity index (χ0v) is 13.8. The first-order valence-electron chi connectivity index (χ1n) is 7.82. The fourth-order valence-electron chi connectivity index (χ4n) is 2.46. The number of benzene rings is 1. The molecule has 0 aliphatic carbocycles. The molecule has 3 N–H and O–H groups in total. The van der Waals surface area contributed by atoms with Crippen LogP contribution in [-0.4, -0.2) is 27.2 Å². The highest BCUT2D eigenvalue weighted by molar-refractivity contribution is 5.96. The summed E-state index contributed by atoms with van der Waals surface area (Å²) in [7, 11) is 0. The molecule has 2 aromatic heterocycles. The number of hydrogen-bond acceptors (Lipinski definition) is 5. The molecule has 3 rings (SSSR count). The summed E-state index contributed by atoms with van der Waals surface area (Å²) in [6.07, 6.45) is 3.07. The van der Waals surface area contributed by atoms with E-state index in [4.69, 9.17) is 4.52 Å². The van der Waals surface area contributed by atoms with Gasteiger partial charge in [0.1, 0.15) is 11.3 Å². The molecule has 0 radical (unpaired) electrons. The van der Waals surface area contributed by atoms with Crippen molar-refractivity contribution < 1.29 is 19.2 Å². The molecule has 8 nitrogen and oxygen atoms in total. The average Bonchev–Trinajstić information content (AvgIpc) is 3.08. The molecule has 0 saturated carbocycles. The van der Waals surface area contributed by atoms with Crippen LogP contribution >= 0.6 is 0 Å². The number of amides is 2. The lowest BCUT2D eigenvalue weighted by Gasteiger charge is -2.13. The maximum Gasteiger partial charge on any atom is 0.341 e. The molecule has 8 heteroatoms. The van der Waals surface area contributed by atoms with Gasteiger partial charge in [-0.05, 0) is 31.2 Å². The molecule has 0 aliphatic heterocycles. The molecule has 0 saturated heterocycles. The van der Waals surface area contributed by atoms with Crippen LogP contribution in [0, 0.1) is 0 Å². The number of carboxylic acid groups (broad SMARTS) is 1. The highest BCUT2D eigenvalue weighted by Gasteiger charge is 2.28. The first-order chi connectivity index (χ1) is 12.6. The number of carboxylic acids is 1. The number of rotatable bonds is 5. The van der Waals surface area contributed by atoms with E-state index in [0.29, 0.717) is 11.3 Å². The molecule has 0 fully saturated rings. The lowest BCUT2D eigenvalue weighted by molar-refractivity contribution is 0.0694. The van der Waals surface area contributed by atoms with Gasteiger partial charge >= 0.3 is 12.0 Å². The first-order valence-corrected chi connectivity index (χ1v) is 7.82. The fourth-order valence-corrected chi connectivity index (χ4v) is 2.46. The Labute approximate surface area is 148 Å². The quantitative estimate of drug-likeness (QED) is 0.648. The zero-order chi connectivity index (χ0) is 18.5. The van der Waals surface area contributed by atoms with Crippen molar-refractivity contribution in [2.24, 2.45) is 0 Å². The van der Waals surface area contributed by atoms with Gasteiger partial charge in [-0.2, -0.15) is 0 Å². The van der Waals surface area contributed by atoms with Crippen molar-refractivity contribution in [1.29, 1.82) is 0 Å². The standard InChI is InChI=1S/C18H16N4O4/c1-11(20-18(25)21-13-7-3-2-4-8-13)16-14(17(23)24)15(22-26-16)12-6-5-9-19-10-12/h2-11H,1H3,(H,23,24)(H2,20,21,25)/t11-/m1/s1. The van der Waals surface area contributed by atoms with Gasteiger partial charge in [0.05, 0.1) is 6.04 Å². The Morgan fingerprint density at radius 1 is 1.15 bits per heavy atom. The van der Waals surface area contributed by atoms with Crippen molar-refractivity contribution in [3.63, 3.8) is 0 Å². The Morgan fingerprint density at radius 3 is 2.58 bits per heavy atom. The summed E-state index contributed by atoms with van der Waals surface area (Å²) in [5.74, 6) is -1.14. The van der Waals surface area contributed by atoms with Crippen molar-refractivity contribution in [3.8, 4) is 11.3 Å². The van der Waals surface area contributed by atoms with Gasteiger partial charge in [0.15, 0.2) is 5.76 Å². The number of urea groups is 1. The smallest absolute Gasteiger partial charge is 0.341 e. The van der Waals surface area contributed by atoms with E-state index in [0.717, 1.165) is 0 Å². The number of carbonyl (C=O) groups excluding carboxylic acids is 1. The van der Waals surface area contributed by atoms with Gasteiger partial charge in [-0.1, -0.05) is 23.4 Å². The number of carbonyl (C=O) groups is 2. The van der Waals surface area contributed by atoms with E-state index in [1.807, 2.05) is 6.07 Å². The highest BCUT2D eigenvalue weighted by atomic mass is 16.5. The van der Waals surface area contributed by atoms with E-state index < -0.39 is 18.0 Å². The Bertz CT molecular complexity index is 909. The van der Waals surface area contributed by atoms with E-state index in [1.54, 1.807) is 49.5 Å². The summed E-state index contributed by atoms with van der Waals surface area (Å²) in [5.41, 5.74) is 1.19. The summed E-state index contributed by atoms with van der Waals surface area (Å²) < 4.78 is 5.22. The highest BCUT2D eigenvalue weighted by Crippen LogP contribution is 2.28. The fraction of sp³-hybridized carbons (Fsp3) is 0.111. The van der Waals surface area contributed by atoms with Crippen LogP contribution in [0.15, 0.2) is 59.4 Å². The number of nitrogens with one attached hydrogen (secondary N) is 2. The maximum atomic E-state index is 12.1. The maximum absolute atomic E-state index is 12.1. The predicted molar refractivity (Wildman–Crippen MR) is 93.7 cm³/mol. The summed E-state index contributed by atoms with van der Waals surface area (Å²) in [5, 5.41) is 18.7. The predicted octanol–water partition coefficient (Wildman–Crippen LogP) is 3.32. The minimum Gasteiger partial charge on any atom is -0.477 e.